The monoisotopic (exact) mass is 306 g/mol. The van der Waals surface area contributed by atoms with Crippen LogP contribution in [0.25, 0.3) is 0 Å². The summed E-state index contributed by atoms with van der Waals surface area (Å²) in [6.45, 7) is 0. The van der Waals surface area contributed by atoms with Crippen LogP contribution in [0.1, 0.15) is 5.56 Å². The van der Waals surface area contributed by atoms with Crippen molar-refractivity contribution >= 4 is 27.5 Å². The van der Waals surface area contributed by atoms with E-state index in [9.17, 15) is 9.90 Å². The summed E-state index contributed by atoms with van der Waals surface area (Å²) in [5.41, 5.74) is 1.20. The van der Waals surface area contributed by atoms with Crippen LogP contribution < -0.4 is 5.32 Å². The van der Waals surface area contributed by atoms with Gasteiger partial charge >= 0.3 is 0 Å². The molecule has 1 heterocycles. The van der Waals surface area contributed by atoms with Crippen LogP contribution in [0, 0.1) is 0 Å². The highest BCUT2D eigenvalue weighted by Gasteiger charge is 2.09. The number of carbonyl (C=O) groups is 1. The Balaban J connectivity index is 2.06. The molecule has 1 aromatic carbocycles. The van der Waals surface area contributed by atoms with Gasteiger partial charge < -0.3 is 10.4 Å². The molecule has 0 saturated carbocycles. The molecule has 18 heavy (non-hydrogen) atoms. The van der Waals surface area contributed by atoms with E-state index < -0.39 is 0 Å². The maximum absolute atomic E-state index is 11.8. The second-order valence-electron chi connectivity index (χ2n) is 3.70. The van der Waals surface area contributed by atoms with Crippen molar-refractivity contribution in [1.82, 2.24) is 4.98 Å². The number of phenols is 1. The average molecular weight is 307 g/mol. The Labute approximate surface area is 113 Å². The number of para-hydroxylation sites is 1. The number of nitrogens with zero attached hydrogens (tertiary/aromatic N) is 1. The Morgan fingerprint density at radius 3 is 2.78 bits per heavy atom. The summed E-state index contributed by atoms with van der Waals surface area (Å²) in [6, 6.07) is 10.3. The van der Waals surface area contributed by atoms with Crippen molar-refractivity contribution in [2.75, 3.05) is 5.32 Å². The van der Waals surface area contributed by atoms with E-state index in [0.717, 1.165) is 0 Å². The zero-order valence-corrected chi connectivity index (χ0v) is 11.0. The van der Waals surface area contributed by atoms with Crippen LogP contribution in [0.4, 0.5) is 5.69 Å². The van der Waals surface area contributed by atoms with Gasteiger partial charge in [0.2, 0.25) is 5.91 Å². The molecular formula is C13H11BrN2O2. The summed E-state index contributed by atoms with van der Waals surface area (Å²) in [5.74, 6) is -0.0805. The van der Waals surface area contributed by atoms with Gasteiger partial charge in [-0.25, -0.2) is 4.98 Å². The van der Waals surface area contributed by atoms with Crippen LogP contribution in [0.2, 0.25) is 0 Å². The second-order valence-corrected chi connectivity index (χ2v) is 4.45. The Hall–Kier alpha value is -1.88. The van der Waals surface area contributed by atoms with E-state index in [0.29, 0.717) is 15.9 Å². The summed E-state index contributed by atoms with van der Waals surface area (Å²) in [7, 11) is 0. The third-order valence-corrected chi connectivity index (χ3v) is 3.01. The van der Waals surface area contributed by atoms with Crippen LogP contribution in [0.3, 0.4) is 0 Å². The molecule has 0 bridgehead atoms. The lowest BCUT2D eigenvalue weighted by molar-refractivity contribution is -0.115. The molecule has 1 aromatic heterocycles. The molecule has 1 amide bonds. The Morgan fingerprint density at radius 1 is 1.28 bits per heavy atom. The molecule has 0 aliphatic carbocycles. The van der Waals surface area contributed by atoms with E-state index in [2.05, 4.69) is 26.2 Å². The maximum Gasteiger partial charge on any atom is 0.229 e. The van der Waals surface area contributed by atoms with Gasteiger partial charge in [-0.15, -0.1) is 0 Å². The van der Waals surface area contributed by atoms with Gasteiger partial charge in [0.25, 0.3) is 0 Å². The highest BCUT2D eigenvalue weighted by molar-refractivity contribution is 9.10. The first-order valence-corrected chi connectivity index (χ1v) is 6.13. The summed E-state index contributed by atoms with van der Waals surface area (Å²) < 4.78 is 0.579. The molecule has 0 saturated heterocycles. The molecule has 0 unspecified atom stereocenters. The maximum atomic E-state index is 11.8. The van der Waals surface area contributed by atoms with Crippen molar-refractivity contribution in [2.24, 2.45) is 0 Å². The number of amides is 1. The first-order chi connectivity index (χ1) is 8.66. The minimum absolute atomic E-state index is 0.119. The van der Waals surface area contributed by atoms with Crippen LogP contribution in [0.5, 0.6) is 5.75 Å². The molecule has 0 atom stereocenters. The van der Waals surface area contributed by atoms with Crippen LogP contribution >= 0.6 is 15.9 Å². The van der Waals surface area contributed by atoms with E-state index in [1.165, 1.54) is 0 Å². The minimum atomic E-state index is -0.204. The number of pyridine rings is 1. The van der Waals surface area contributed by atoms with Gasteiger partial charge in [-0.05, 0) is 34.1 Å². The normalized spacial score (nSPS) is 10.1. The van der Waals surface area contributed by atoms with Gasteiger partial charge in [0, 0.05) is 11.8 Å². The van der Waals surface area contributed by atoms with Gasteiger partial charge in [0.15, 0.2) is 0 Å². The van der Waals surface area contributed by atoms with Crippen molar-refractivity contribution in [3.63, 3.8) is 0 Å². The van der Waals surface area contributed by atoms with Crippen molar-refractivity contribution in [2.45, 2.75) is 6.42 Å². The molecule has 92 valence electrons. The Morgan fingerprint density at radius 2 is 2.06 bits per heavy atom. The predicted molar refractivity (Wildman–Crippen MR) is 72.4 cm³/mol. The predicted octanol–water partition coefficient (Wildman–Crippen LogP) is 2.73. The van der Waals surface area contributed by atoms with Gasteiger partial charge in [0.05, 0.1) is 12.1 Å². The number of halogens is 1. The standard InChI is InChI=1S/C13H11BrN2O2/c14-13-10(5-3-7-15-13)16-12(18)8-9-4-1-2-6-11(9)17/h1-7,17H,8H2,(H,16,18). The number of phenolic OH excluding ortho intramolecular Hbond substituents is 1. The summed E-state index contributed by atoms with van der Waals surface area (Å²) in [4.78, 5) is 15.8. The highest BCUT2D eigenvalue weighted by Crippen LogP contribution is 2.20. The molecule has 0 aliphatic rings. The lowest BCUT2D eigenvalue weighted by Gasteiger charge is -2.07. The van der Waals surface area contributed by atoms with E-state index in [4.69, 9.17) is 0 Å². The number of aromatic nitrogens is 1. The van der Waals surface area contributed by atoms with Crippen molar-refractivity contribution in [3.8, 4) is 5.75 Å². The summed E-state index contributed by atoms with van der Waals surface area (Å²) in [6.07, 6.45) is 1.75. The van der Waals surface area contributed by atoms with Gasteiger partial charge in [-0.3, -0.25) is 4.79 Å². The van der Waals surface area contributed by atoms with Crippen LogP contribution in [0.15, 0.2) is 47.2 Å². The molecule has 4 nitrogen and oxygen atoms in total. The number of nitrogens with one attached hydrogen (secondary N) is 1. The zero-order chi connectivity index (χ0) is 13.0. The summed E-state index contributed by atoms with van der Waals surface area (Å²) in [5, 5.41) is 12.3. The van der Waals surface area contributed by atoms with Gasteiger partial charge in [0.1, 0.15) is 10.4 Å². The van der Waals surface area contributed by atoms with E-state index in [1.807, 2.05) is 0 Å². The van der Waals surface area contributed by atoms with E-state index in [1.54, 1.807) is 42.6 Å². The molecule has 2 rings (SSSR count). The number of aromatic hydroxyl groups is 1. The van der Waals surface area contributed by atoms with Crippen LogP contribution in [-0.4, -0.2) is 16.0 Å². The Kier molecular flexibility index (Phi) is 3.94. The molecular weight excluding hydrogens is 296 g/mol. The average Bonchev–Trinajstić information content (AvgIpc) is 2.35. The van der Waals surface area contributed by atoms with Crippen molar-refractivity contribution in [1.29, 1.82) is 0 Å². The van der Waals surface area contributed by atoms with Crippen molar-refractivity contribution < 1.29 is 9.90 Å². The fraction of sp³-hybridized carbons (Fsp3) is 0.0769. The zero-order valence-electron chi connectivity index (χ0n) is 9.43. The van der Waals surface area contributed by atoms with E-state index in [-0.39, 0.29) is 18.1 Å². The quantitative estimate of drug-likeness (QED) is 0.857. The van der Waals surface area contributed by atoms with Gasteiger partial charge in [-0.2, -0.15) is 0 Å². The fourth-order valence-electron chi connectivity index (χ4n) is 1.51. The summed E-state index contributed by atoms with van der Waals surface area (Å²) >= 11 is 3.25. The van der Waals surface area contributed by atoms with Crippen molar-refractivity contribution in [3.05, 3.63) is 52.8 Å². The molecule has 0 radical (unpaired) electrons. The Bertz CT molecular complexity index is 523. The number of anilines is 1. The number of benzene rings is 1. The minimum Gasteiger partial charge on any atom is -0.508 e. The molecule has 5 heteroatoms. The SMILES string of the molecule is O=C(Cc1ccccc1O)Nc1cccnc1Br. The van der Waals surface area contributed by atoms with Crippen LogP contribution in [-0.2, 0) is 11.2 Å². The molecule has 0 fully saturated rings. The third-order valence-electron chi connectivity index (χ3n) is 2.38. The third kappa shape index (κ3) is 3.07. The molecule has 0 spiro atoms. The largest absolute Gasteiger partial charge is 0.508 e. The number of rotatable bonds is 3. The second kappa shape index (κ2) is 5.64. The highest BCUT2D eigenvalue weighted by atomic mass is 79.9. The fourth-order valence-corrected chi connectivity index (χ4v) is 1.86. The number of hydrogen-bond donors (Lipinski definition) is 2. The number of hydrogen-bond acceptors (Lipinski definition) is 3. The lowest BCUT2D eigenvalue weighted by atomic mass is 10.1. The molecule has 2 aromatic rings. The molecule has 2 N–H and O–H groups in total. The first-order valence-electron chi connectivity index (χ1n) is 5.34. The molecule has 0 aliphatic heterocycles. The van der Waals surface area contributed by atoms with E-state index >= 15 is 0 Å². The number of carbonyl (C=O) groups excluding carboxylic acids is 1. The smallest absolute Gasteiger partial charge is 0.229 e. The van der Waals surface area contributed by atoms with Gasteiger partial charge in [-0.1, -0.05) is 18.2 Å². The lowest BCUT2D eigenvalue weighted by Crippen LogP contribution is -2.15. The first kappa shape index (κ1) is 12.6. The topological polar surface area (TPSA) is 62.2 Å².